The highest BCUT2D eigenvalue weighted by Crippen LogP contribution is 2.35. The Bertz CT molecular complexity index is 1730. The number of esters is 1. The molecule has 4 aromatic rings. The first-order valence-corrected chi connectivity index (χ1v) is 14.1. The summed E-state index contributed by atoms with van der Waals surface area (Å²) in [5, 5.41) is 0.556. The number of rotatable bonds is 6. The van der Waals surface area contributed by atoms with Gasteiger partial charge in [0.25, 0.3) is 5.56 Å². The zero-order valence-electron chi connectivity index (χ0n) is 20.5. The van der Waals surface area contributed by atoms with Gasteiger partial charge in [0.15, 0.2) is 4.80 Å². The highest BCUT2D eigenvalue weighted by Gasteiger charge is 2.35. The Morgan fingerprint density at radius 3 is 2.53 bits per heavy atom. The number of hydrogen-bond donors (Lipinski definition) is 0. The monoisotopic (exact) mass is 656 g/mol. The van der Waals surface area contributed by atoms with E-state index < -0.39 is 12.0 Å². The number of hydrogen-bond acceptors (Lipinski definition) is 6. The average Bonchev–Trinajstić information content (AvgIpc) is 3.23. The van der Waals surface area contributed by atoms with Crippen LogP contribution in [0.15, 0.2) is 88.2 Å². The molecule has 192 valence electrons. The van der Waals surface area contributed by atoms with Crippen LogP contribution in [0.25, 0.3) is 11.8 Å². The molecule has 3 aromatic carbocycles. The van der Waals surface area contributed by atoms with Crippen molar-refractivity contribution >= 4 is 63.3 Å². The molecule has 6 nitrogen and oxygen atoms in total. The number of thiazole rings is 1. The standard InChI is InChI=1S/C29H22ClIN2O4S/c1-3-37-28(35)24-25(18-7-5-4-6-8-18)32-29-33(26(24)19-10-12-20(30)13-11-19)27(34)23(38-29)16-17-9-14-22(36-2)21(31)15-17/h4-16,26H,3H2,1-2H3/b23-16+/t26-/m1/s1. The molecule has 1 aliphatic heterocycles. The quantitative estimate of drug-likeness (QED) is 0.211. The van der Waals surface area contributed by atoms with Crippen LogP contribution in [0.4, 0.5) is 0 Å². The second kappa shape index (κ2) is 11.3. The smallest absolute Gasteiger partial charge is 0.338 e. The molecule has 0 fully saturated rings. The van der Waals surface area contributed by atoms with E-state index in [1.165, 1.54) is 11.3 Å². The summed E-state index contributed by atoms with van der Waals surface area (Å²) >= 11 is 9.66. The molecule has 38 heavy (non-hydrogen) atoms. The largest absolute Gasteiger partial charge is 0.496 e. The number of methoxy groups -OCH3 is 1. The van der Waals surface area contributed by atoms with Crippen molar-refractivity contribution in [3.63, 3.8) is 0 Å². The van der Waals surface area contributed by atoms with Crippen molar-refractivity contribution < 1.29 is 14.3 Å². The van der Waals surface area contributed by atoms with Gasteiger partial charge >= 0.3 is 5.97 Å². The third kappa shape index (κ3) is 5.08. The summed E-state index contributed by atoms with van der Waals surface area (Å²) in [6, 6.07) is 21.6. The Morgan fingerprint density at radius 2 is 1.87 bits per heavy atom. The fraction of sp³-hybridized carbons (Fsp3) is 0.138. The van der Waals surface area contributed by atoms with E-state index >= 15 is 0 Å². The molecule has 0 N–H and O–H groups in total. The molecular weight excluding hydrogens is 635 g/mol. The molecule has 5 rings (SSSR count). The summed E-state index contributed by atoms with van der Waals surface area (Å²) in [7, 11) is 1.62. The van der Waals surface area contributed by atoms with Gasteiger partial charge in [-0.3, -0.25) is 9.36 Å². The van der Waals surface area contributed by atoms with Crippen molar-refractivity contribution in [2.24, 2.45) is 4.99 Å². The van der Waals surface area contributed by atoms with Crippen LogP contribution in [0.5, 0.6) is 5.75 Å². The molecule has 0 aliphatic carbocycles. The van der Waals surface area contributed by atoms with Gasteiger partial charge in [-0.2, -0.15) is 0 Å². The first-order chi connectivity index (χ1) is 18.4. The highest BCUT2D eigenvalue weighted by atomic mass is 127. The van der Waals surface area contributed by atoms with E-state index in [4.69, 9.17) is 26.1 Å². The Kier molecular flexibility index (Phi) is 7.83. The number of aromatic nitrogens is 1. The van der Waals surface area contributed by atoms with E-state index in [0.717, 1.165) is 26.0 Å². The van der Waals surface area contributed by atoms with Gasteiger partial charge in [0.05, 0.1) is 39.1 Å². The maximum absolute atomic E-state index is 13.9. The molecule has 0 saturated carbocycles. The highest BCUT2D eigenvalue weighted by molar-refractivity contribution is 14.1. The van der Waals surface area contributed by atoms with Crippen molar-refractivity contribution in [2.45, 2.75) is 13.0 Å². The molecule has 0 spiro atoms. The van der Waals surface area contributed by atoms with Gasteiger partial charge in [0, 0.05) is 10.6 Å². The van der Waals surface area contributed by atoms with E-state index in [0.29, 0.717) is 25.6 Å². The van der Waals surface area contributed by atoms with E-state index in [1.807, 2.05) is 66.7 Å². The van der Waals surface area contributed by atoms with E-state index in [1.54, 1.807) is 30.7 Å². The van der Waals surface area contributed by atoms with Crippen LogP contribution in [0.1, 0.15) is 29.7 Å². The number of carbonyl (C=O) groups is 1. The number of halogens is 2. The lowest BCUT2D eigenvalue weighted by atomic mass is 9.93. The lowest BCUT2D eigenvalue weighted by Gasteiger charge is -2.25. The lowest BCUT2D eigenvalue weighted by Crippen LogP contribution is -2.40. The molecule has 1 aliphatic rings. The van der Waals surface area contributed by atoms with Gasteiger partial charge in [-0.05, 0) is 71.0 Å². The van der Waals surface area contributed by atoms with Crippen LogP contribution in [-0.4, -0.2) is 24.3 Å². The molecule has 2 heterocycles. The topological polar surface area (TPSA) is 69.9 Å². The fourth-order valence-electron chi connectivity index (χ4n) is 4.32. The number of nitrogens with zero attached hydrogens (tertiary/aromatic N) is 2. The minimum atomic E-state index is -0.740. The second-order valence-electron chi connectivity index (χ2n) is 8.38. The Morgan fingerprint density at radius 1 is 1.13 bits per heavy atom. The van der Waals surface area contributed by atoms with Gasteiger partial charge in [-0.25, -0.2) is 9.79 Å². The summed E-state index contributed by atoms with van der Waals surface area (Å²) in [5.41, 5.74) is 2.89. The molecule has 0 radical (unpaired) electrons. The number of fused-ring (bicyclic) bond motifs is 1. The molecule has 0 bridgehead atoms. The predicted molar refractivity (Wildman–Crippen MR) is 158 cm³/mol. The summed E-state index contributed by atoms with van der Waals surface area (Å²) < 4.78 is 13.9. The SMILES string of the molecule is CCOC(=O)C1=C(c2ccccc2)N=c2s/c(=C/c3ccc(OC)c(I)c3)c(=O)n2[C@@H]1c1ccc(Cl)cc1. The first kappa shape index (κ1) is 26.4. The van der Waals surface area contributed by atoms with Gasteiger partial charge in [0.1, 0.15) is 5.75 Å². The third-order valence-electron chi connectivity index (χ3n) is 6.03. The van der Waals surface area contributed by atoms with Crippen molar-refractivity contribution in [1.29, 1.82) is 0 Å². The van der Waals surface area contributed by atoms with E-state index in [9.17, 15) is 9.59 Å². The number of benzene rings is 3. The summed E-state index contributed by atoms with van der Waals surface area (Å²) in [5.74, 6) is 0.243. The van der Waals surface area contributed by atoms with Crippen LogP contribution >= 0.6 is 45.5 Å². The molecule has 1 atom stereocenters. The van der Waals surface area contributed by atoms with E-state index in [2.05, 4.69) is 22.6 Å². The second-order valence-corrected chi connectivity index (χ2v) is 11.0. The number of ether oxygens (including phenoxy) is 2. The third-order valence-corrected chi connectivity index (χ3v) is 8.11. The molecule has 0 amide bonds. The van der Waals surface area contributed by atoms with Gasteiger partial charge in [-0.15, -0.1) is 0 Å². The molecule has 9 heteroatoms. The normalized spacial score (nSPS) is 15.2. The average molecular weight is 657 g/mol. The molecule has 0 saturated heterocycles. The summed E-state index contributed by atoms with van der Waals surface area (Å²) in [4.78, 5) is 32.7. The zero-order chi connectivity index (χ0) is 26.8. The van der Waals surface area contributed by atoms with Crippen LogP contribution in [0.2, 0.25) is 5.02 Å². The number of carbonyl (C=O) groups excluding carboxylic acids is 1. The van der Waals surface area contributed by atoms with Crippen LogP contribution in [-0.2, 0) is 9.53 Å². The van der Waals surface area contributed by atoms with Gasteiger partial charge in [-0.1, -0.05) is 71.5 Å². The van der Waals surface area contributed by atoms with Crippen molar-refractivity contribution in [1.82, 2.24) is 4.57 Å². The zero-order valence-corrected chi connectivity index (χ0v) is 24.2. The lowest BCUT2D eigenvalue weighted by molar-refractivity contribution is -0.138. The maximum atomic E-state index is 13.9. The van der Waals surface area contributed by atoms with Crippen molar-refractivity contribution in [2.75, 3.05) is 13.7 Å². The minimum Gasteiger partial charge on any atom is -0.496 e. The van der Waals surface area contributed by atoms with Crippen LogP contribution < -0.4 is 19.6 Å². The summed E-state index contributed by atoms with van der Waals surface area (Å²) in [6.07, 6.45) is 1.83. The first-order valence-electron chi connectivity index (χ1n) is 11.8. The molecular formula is C29H22ClIN2O4S. The predicted octanol–water partition coefficient (Wildman–Crippen LogP) is 5.20. The van der Waals surface area contributed by atoms with Crippen LogP contribution in [0, 0.1) is 3.57 Å². The maximum Gasteiger partial charge on any atom is 0.338 e. The Labute approximate surface area is 241 Å². The fourth-order valence-corrected chi connectivity index (χ4v) is 6.21. The molecule has 1 aromatic heterocycles. The van der Waals surface area contributed by atoms with Crippen molar-refractivity contribution in [3.8, 4) is 5.75 Å². The van der Waals surface area contributed by atoms with Crippen molar-refractivity contribution in [3.05, 3.63) is 123 Å². The van der Waals surface area contributed by atoms with E-state index in [-0.39, 0.29) is 12.2 Å². The summed E-state index contributed by atoms with van der Waals surface area (Å²) in [6.45, 7) is 1.95. The van der Waals surface area contributed by atoms with Gasteiger partial charge < -0.3 is 9.47 Å². The Balaban J connectivity index is 1.80. The minimum absolute atomic E-state index is 0.193. The van der Waals surface area contributed by atoms with Gasteiger partial charge in [0.2, 0.25) is 0 Å². The van der Waals surface area contributed by atoms with Crippen LogP contribution in [0.3, 0.4) is 0 Å². The Hall–Kier alpha value is -3.21. The molecule has 0 unspecified atom stereocenters.